The molecule has 4 bridgehead atoms. The van der Waals surface area contributed by atoms with Crippen LogP contribution in [0.3, 0.4) is 0 Å². The molecule has 4 aliphatic heterocycles. The van der Waals surface area contributed by atoms with E-state index in [1.165, 1.54) is 0 Å². The van der Waals surface area contributed by atoms with Gasteiger partial charge in [-0.1, -0.05) is 37.5 Å². The minimum Gasteiger partial charge on any atom is -0.493 e. The van der Waals surface area contributed by atoms with Crippen molar-refractivity contribution in [1.29, 1.82) is 0 Å². The first-order chi connectivity index (χ1) is 14.7. The molecule has 30 heavy (non-hydrogen) atoms. The monoisotopic (exact) mass is 404 g/mol. The number of benzene rings is 2. The van der Waals surface area contributed by atoms with Crippen LogP contribution in [0.1, 0.15) is 12.8 Å². The van der Waals surface area contributed by atoms with Crippen molar-refractivity contribution in [1.82, 2.24) is 0 Å². The molecule has 6 rings (SSSR count). The van der Waals surface area contributed by atoms with Crippen LogP contribution in [0, 0.1) is 0 Å². The molecule has 0 saturated heterocycles. The third-order valence-corrected chi connectivity index (χ3v) is 4.31. The largest absolute Gasteiger partial charge is 0.493 e. The first kappa shape index (κ1) is 21.3. The fourth-order valence-electron chi connectivity index (χ4n) is 2.70. The average Bonchev–Trinajstić information content (AvgIpc) is 2.77. The molecule has 0 atom stereocenters. The van der Waals surface area contributed by atoms with Crippen LogP contribution >= 0.6 is 0 Å². The molecule has 0 fully saturated rings. The van der Waals surface area contributed by atoms with E-state index in [4.69, 9.17) is 18.9 Å². The molecular formula is C26H28O4. The summed E-state index contributed by atoms with van der Waals surface area (Å²) < 4.78 is 23.1. The third-order valence-electron chi connectivity index (χ3n) is 4.31. The van der Waals surface area contributed by atoms with Gasteiger partial charge in [0.1, 0.15) is 36.2 Å². The summed E-state index contributed by atoms with van der Waals surface area (Å²) in [5.74, 6) is 3.20. The summed E-state index contributed by atoms with van der Waals surface area (Å²) in [5, 5.41) is 0. The summed E-state index contributed by atoms with van der Waals surface area (Å²) in [7, 11) is 0. The van der Waals surface area contributed by atoms with Crippen molar-refractivity contribution in [2.75, 3.05) is 26.4 Å². The van der Waals surface area contributed by atoms with Crippen LogP contribution in [0.15, 0.2) is 97.1 Å². The molecule has 4 aliphatic rings. The van der Waals surface area contributed by atoms with Crippen molar-refractivity contribution in [2.24, 2.45) is 0 Å². The van der Waals surface area contributed by atoms with Crippen molar-refractivity contribution >= 4 is 0 Å². The molecule has 0 saturated carbocycles. The maximum absolute atomic E-state index is 5.77. The van der Waals surface area contributed by atoms with Crippen LogP contribution in [-0.4, -0.2) is 26.4 Å². The summed E-state index contributed by atoms with van der Waals surface area (Å²) in [6, 6.07) is 15.2. The molecule has 4 nitrogen and oxygen atoms in total. The van der Waals surface area contributed by atoms with E-state index >= 15 is 0 Å². The van der Waals surface area contributed by atoms with Gasteiger partial charge in [-0.25, -0.2) is 0 Å². The van der Waals surface area contributed by atoms with Gasteiger partial charge in [0, 0.05) is 0 Å². The zero-order chi connectivity index (χ0) is 21.0. The van der Waals surface area contributed by atoms with Gasteiger partial charge in [0.2, 0.25) is 0 Å². The van der Waals surface area contributed by atoms with Crippen molar-refractivity contribution < 1.29 is 18.9 Å². The Labute approximate surface area is 178 Å². The zero-order valence-electron chi connectivity index (χ0n) is 17.2. The van der Waals surface area contributed by atoms with Gasteiger partial charge >= 0.3 is 0 Å². The SMILES string of the molecule is C=C1/C=C/CCOc2ccc(cc2)OCC(=C)/C=C/CCOc2ccc(cc2)OC1. The van der Waals surface area contributed by atoms with E-state index in [-0.39, 0.29) is 0 Å². The fraction of sp³-hybridized carbons (Fsp3) is 0.231. The first-order valence-corrected chi connectivity index (χ1v) is 10.1. The topological polar surface area (TPSA) is 36.9 Å². The Balaban J connectivity index is 1.60. The Hall–Kier alpha value is -3.40. The highest BCUT2D eigenvalue weighted by Crippen LogP contribution is 2.20. The molecule has 156 valence electrons. The van der Waals surface area contributed by atoms with Crippen LogP contribution < -0.4 is 18.9 Å². The first-order valence-electron chi connectivity index (χ1n) is 10.1. The molecule has 0 radical (unpaired) electrons. The molecule has 4 heteroatoms. The van der Waals surface area contributed by atoms with Gasteiger partial charge in [-0.3, -0.25) is 0 Å². The number of rotatable bonds is 0. The smallest absolute Gasteiger partial charge is 0.120 e. The van der Waals surface area contributed by atoms with Crippen molar-refractivity contribution in [3.05, 3.63) is 97.1 Å². The molecule has 4 heterocycles. The summed E-state index contributed by atoms with van der Waals surface area (Å²) >= 11 is 0. The van der Waals surface area contributed by atoms with Gasteiger partial charge in [-0.15, -0.1) is 0 Å². The van der Waals surface area contributed by atoms with E-state index in [0.29, 0.717) is 26.4 Å². The van der Waals surface area contributed by atoms with Crippen molar-refractivity contribution in [3.63, 3.8) is 0 Å². The van der Waals surface area contributed by atoms with Crippen LogP contribution in [0.2, 0.25) is 0 Å². The average molecular weight is 405 g/mol. The molecule has 0 N–H and O–H groups in total. The molecule has 0 amide bonds. The Morgan fingerprint density at radius 2 is 0.833 bits per heavy atom. The molecule has 2 aromatic rings. The van der Waals surface area contributed by atoms with Crippen LogP contribution in [0.5, 0.6) is 23.0 Å². The highest BCUT2D eigenvalue weighted by atomic mass is 16.5. The van der Waals surface area contributed by atoms with Gasteiger partial charge in [0.25, 0.3) is 0 Å². The summed E-state index contributed by atoms with van der Waals surface area (Å²) in [5.41, 5.74) is 1.80. The number of ether oxygens (including phenoxy) is 4. The lowest BCUT2D eigenvalue weighted by Gasteiger charge is -2.09. The van der Waals surface area contributed by atoms with E-state index in [2.05, 4.69) is 13.2 Å². The predicted octanol–water partition coefficient (Wildman–Crippen LogP) is 5.92. The second-order valence-electron chi connectivity index (χ2n) is 6.92. The number of hydrogen-bond donors (Lipinski definition) is 0. The Bertz CT molecular complexity index is 801. The number of hydrogen-bond acceptors (Lipinski definition) is 4. The van der Waals surface area contributed by atoms with Crippen LogP contribution in [-0.2, 0) is 0 Å². The third kappa shape index (κ3) is 7.55. The lowest BCUT2D eigenvalue weighted by atomic mass is 10.2. The Morgan fingerprint density at radius 1 is 0.500 bits per heavy atom. The van der Waals surface area contributed by atoms with E-state index in [1.54, 1.807) is 0 Å². The second-order valence-corrected chi connectivity index (χ2v) is 6.92. The molecule has 0 unspecified atom stereocenters. The molecule has 0 spiro atoms. The van der Waals surface area contributed by atoms with E-state index in [0.717, 1.165) is 47.0 Å². The van der Waals surface area contributed by atoms with E-state index in [9.17, 15) is 0 Å². The fourth-order valence-corrected chi connectivity index (χ4v) is 2.70. The normalized spacial score (nSPS) is 18.3. The van der Waals surface area contributed by atoms with E-state index in [1.807, 2.05) is 72.8 Å². The van der Waals surface area contributed by atoms with Gasteiger partial charge in [0.15, 0.2) is 0 Å². The molecule has 2 aromatic carbocycles. The molecule has 0 aliphatic carbocycles. The summed E-state index contributed by atoms with van der Waals surface area (Å²) in [6.07, 6.45) is 9.59. The Kier molecular flexibility index (Phi) is 8.22. The summed E-state index contributed by atoms with van der Waals surface area (Å²) in [4.78, 5) is 0. The molecule has 0 aromatic heterocycles. The highest BCUT2D eigenvalue weighted by Gasteiger charge is 2.00. The minimum atomic E-state index is 0.438. The van der Waals surface area contributed by atoms with Gasteiger partial charge in [-0.2, -0.15) is 0 Å². The Morgan fingerprint density at radius 3 is 1.20 bits per heavy atom. The maximum Gasteiger partial charge on any atom is 0.120 e. The van der Waals surface area contributed by atoms with Gasteiger partial charge < -0.3 is 18.9 Å². The lowest BCUT2D eigenvalue weighted by Crippen LogP contribution is -2.01. The zero-order valence-corrected chi connectivity index (χ0v) is 17.2. The van der Waals surface area contributed by atoms with Crippen LogP contribution in [0.4, 0.5) is 0 Å². The van der Waals surface area contributed by atoms with Crippen LogP contribution in [0.25, 0.3) is 0 Å². The molecular weight excluding hydrogens is 376 g/mol. The second kappa shape index (κ2) is 11.6. The van der Waals surface area contributed by atoms with Gasteiger partial charge in [-0.05, 0) is 72.5 Å². The maximum atomic E-state index is 5.77. The minimum absolute atomic E-state index is 0.438. The highest BCUT2D eigenvalue weighted by molar-refractivity contribution is 5.33. The lowest BCUT2D eigenvalue weighted by molar-refractivity contribution is 0.321. The quantitative estimate of drug-likeness (QED) is 0.546. The van der Waals surface area contributed by atoms with E-state index < -0.39 is 0 Å². The van der Waals surface area contributed by atoms with Crippen molar-refractivity contribution in [3.8, 4) is 23.0 Å². The summed E-state index contributed by atoms with van der Waals surface area (Å²) in [6.45, 7) is 10.1. The van der Waals surface area contributed by atoms with Crippen molar-refractivity contribution in [2.45, 2.75) is 12.8 Å². The standard InChI is InChI=1S/C26H28O4/c1-21-7-3-5-17-27-24-11-15-26(16-12-24)30-20-22(2)8-4-6-18-28-23-9-13-25(14-10-23)29-19-21/h3-4,7-16H,1-2,5-6,17-20H2/b7-3+,8-4+. The van der Waals surface area contributed by atoms with Gasteiger partial charge in [0.05, 0.1) is 13.2 Å². The predicted molar refractivity (Wildman–Crippen MR) is 121 cm³/mol.